The number of rotatable bonds is 3. The number of nitrogens with zero attached hydrogens (tertiary/aromatic N) is 3. The quantitative estimate of drug-likeness (QED) is 0.689. The van der Waals surface area contributed by atoms with Crippen molar-refractivity contribution in [2.75, 3.05) is 6.26 Å². The van der Waals surface area contributed by atoms with Gasteiger partial charge in [0, 0.05) is 17.5 Å². The Morgan fingerprint density at radius 2 is 2.27 bits per heavy atom. The minimum Gasteiger partial charge on any atom is -0.361 e. The van der Waals surface area contributed by atoms with E-state index in [1.807, 2.05) is 17.7 Å². The molecule has 0 fully saturated rings. The fourth-order valence-corrected chi connectivity index (χ4v) is 3.83. The molecule has 2 heterocycles. The summed E-state index contributed by atoms with van der Waals surface area (Å²) < 4.78 is 8.09. The molecule has 22 heavy (non-hydrogen) atoms. The van der Waals surface area contributed by atoms with Gasteiger partial charge in [0.15, 0.2) is 10.5 Å². The summed E-state index contributed by atoms with van der Waals surface area (Å²) in [6.07, 6.45) is 2.05. The van der Waals surface area contributed by atoms with Crippen LogP contribution in [0.1, 0.15) is 23.2 Å². The van der Waals surface area contributed by atoms with Gasteiger partial charge in [0.05, 0.1) is 10.2 Å². The summed E-state index contributed by atoms with van der Waals surface area (Å²) in [5.41, 5.74) is 1.33. The Morgan fingerprint density at radius 3 is 2.91 bits per heavy atom. The van der Waals surface area contributed by atoms with E-state index < -0.39 is 0 Å². The van der Waals surface area contributed by atoms with Crippen molar-refractivity contribution in [3.63, 3.8) is 0 Å². The molecule has 3 rings (SSSR count). The first-order valence-electron chi connectivity index (χ1n) is 6.82. The lowest BCUT2D eigenvalue weighted by molar-refractivity contribution is 0.0989. The molecule has 0 radical (unpaired) electrons. The van der Waals surface area contributed by atoms with Crippen LogP contribution in [0.5, 0.6) is 0 Å². The summed E-state index contributed by atoms with van der Waals surface area (Å²) >= 11 is 3.21. The maximum Gasteiger partial charge on any atom is 0.301 e. The molecule has 0 aliphatic rings. The Hall–Kier alpha value is -1.86. The summed E-state index contributed by atoms with van der Waals surface area (Å²) in [6.45, 7) is 4.54. The molecule has 0 unspecified atom stereocenters. The summed E-state index contributed by atoms with van der Waals surface area (Å²) in [6, 6.07) is 7.88. The molecule has 0 aliphatic carbocycles. The van der Waals surface area contributed by atoms with Crippen LogP contribution in [0.15, 0.2) is 38.7 Å². The van der Waals surface area contributed by atoms with Crippen molar-refractivity contribution in [2.24, 2.45) is 4.99 Å². The highest BCUT2D eigenvalue weighted by Gasteiger charge is 2.12. The van der Waals surface area contributed by atoms with E-state index in [1.165, 1.54) is 16.2 Å². The van der Waals surface area contributed by atoms with Gasteiger partial charge in [-0.3, -0.25) is 4.79 Å². The van der Waals surface area contributed by atoms with Crippen LogP contribution >= 0.6 is 23.1 Å². The lowest BCUT2D eigenvalue weighted by Crippen LogP contribution is -2.15. The van der Waals surface area contributed by atoms with Gasteiger partial charge in [-0.1, -0.05) is 16.5 Å². The second kappa shape index (κ2) is 6.10. The summed E-state index contributed by atoms with van der Waals surface area (Å²) in [7, 11) is 0. The molecule has 0 N–H and O–H groups in total. The van der Waals surface area contributed by atoms with Crippen molar-refractivity contribution in [2.45, 2.75) is 25.3 Å². The van der Waals surface area contributed by atoms with Gasteiger partial charge in [-0.25, -0.2) is 0 Å². The Labute approximate surface area is 135 Å². The third kappa shape index (κ3) is 2.74. The highest BCUT2D eigenvalue weighted by molar-refractivity contribution is 7.98. The smallest absolute Gasteiger partial charge is 0.301 e. The number of hydrogen-bond donors (Lipinski definition) is 0. The lowest BCUT2D eigenvalue weighted by atomic mass is 10.3. The summed E-state index contributed by atoms with van der Waals surface area (Å²) in [5.74, 6) is 0.221. The molecule has 0 aliphatic heterocycles. The normalized spacial score (nSPS) is 12.2. The number of hydrogen-bond acceptors (Lipinski definition) is 5. The molecule has 114 valence electrons. The Kier molecular flexibility index (Phi) is 4.17. The molecular weight excluding hydrogens is 318 g/mol. The predicted octanol–water partition coefficient (Wildman–Crippen LogP) is 3.48. The van der Waals surface area contributed by atoms with Crippen molar-refractivity contribution in [3.8, 4) is 0 Å². The zero-order valence-electron chi connectivity index (χ0n) is 12.5. The van der Waals surface area contributed by atoms with Crippen molar-refractivity contribution in [1.82, 2.24) is 9.72 Å². The van der Waals surface area contributed by atoms with Crippen LogP contribution < -0.4 is 4.80 Å². The Balaban J connectivity index is 2.13. The van der Waals surface area contributed by atoms with Gasteiger partial charge in [0.1, 0.15) is 5.76 Å². The topological polar surface area (TPSA) is 60.4 Å². The van der Waals surface area contributed by atoms with Crippen LogP contribution in [0, 0.1) is 6.92 Å². The zero-order valence-corrected chi connectivity index (χ0v) is 14.1. The monoisotopic (exact) mass is 333 g/mol. The number of carbonyl (C=O) groups excluding carboxylic acids is 1. The third-order valence-electron chi connectivity index (χ3n) is 3.25. The highest BCUT2D eigenvalue weighted by atomic mass is 32.2. The molecule has 7 heteroatoms. The van der Waals surface area contributed by atoms with Gasteiger partial charge < -0.3 is 9.09 Å². The van der Waals surface area contributed by atoms with Crippen molar-refractivity contribution < 1.29 is 9.32 Å². The third-order valence-corrected chi connectivity index (χ3v) is 5.02. The van der Waals surface area contributed by atoms with Gasteiger partial charge in [0.25, 0.3) is 0 Å². The van der Waals surface area contributed by atoms with Crippen molar-refractivity contribution in [3.05, 3.63) is 40.5 Å². The molecule has 3 aromatic rings. The number of aryl methyl sites for hydroxylation is 2. The van der Waals surface area contributed by atoms with E-state index in [0.717, 1.165) is 16.8 Å². The van der Waals surface area contributed by atoms with Crippen LogP contribution in [-0.2, 0) is 6.54 Å². The maximum absolute atomic E-state index is 12.2. The van der Waals surface area contributed by atoms with E-state index in [4.69, 9.17) is 4.52 Å². The van der Waals surface area contributed by atoms with Gasteiger partial charge in [-0.15, -0.1) is 11.8 Å². The predicted molar refractivity (Wildman–Crippen MR) is 88.4 cm³/mol. The van der Waals surface area contributed by atoms with E-state index in [2.05, 4.69) is 28.3 Å². The molecule has 0 spiro atoms. The SMILES string of the molecule is CCn1c(=NC(=O)c2cc(C)on2)sc2cc(SC)ccc21. The van der Waals surface area contributed by atoms with Crippen LogP contribution in [0.2, 0.25) is 0 Å². The van der Waals surface area contributed by atoms with E-state index in [0.29, 0.717) is 10.6 Å². The van der Waals surface area contributed by atoms with E-state index >= 15 is 0 Å². The minimum atomic E-state index is -0.379. The molecule has 0 bridgehead atoms. The second-order valence-corrected chi connectivity index (χ2v) is 6.59. The number of thioether (sulfide) groups is 1. The largest absolute Gasteiger partial charge is 0.361 e. The summed E-state index contributed by atoms with van der Waals surface area (Å²) in [4.78, 5) is 18.3. The maximum atomic E-state index is 12.2. The molecule has 5 nitrogen and oxygen atoms in total. The van der Waals surface area contributed by atoms with E-state index in [9.17, 15) is 4.79 Å². The van der Waals surface area contributed by atoms with Gasteiger partial charge >= 0.3 is 5.91 Å². The fraction of sp³-hybridized carbons (Fsp3) is 0.267. The Bertz CT molecular complexity index is 905. The standard InChI is InChI=1S/C15H15N3O2S2/c1-4-18-12-6-5-10(21-3)8-13(12)22-15(18)16-14(19)11-7-9(2)20-17-11/h5-8H,4H2,1-3H3. The van der Waals surface area contributed by atoms with Gasteiger partial charge in [-0.05, 0) is 38.3 Å². The number of thiazole rings is 1. The van der Waals surface area contributed by atoms with Crippen LogP contribution in [0.4, 0.5) is 0 Å². The highest BCUT2D eigenvalue weighted by Crippen LogP contribution is 2.24. The first-order valence-corrected chi connectivity index (χ1v) is 8.86. The first kappa shape index (κ1) is 15.1. The molecule has 0 atom stereocenters. The molecule has 0 saturated heterocycles. The molecule has 2 aromatic heterocycles. The number of aromatic nitrogens is 2. The number of benzene rings is 1. The zero-order chi connectivity index (χ0) is 15.7. The minimum absolute atomic E-state index is 0.238. The van der Waals surface area contributed by atoms with Crippen molar-refractivity contribution >= 4 is 39.2 Å². The fourth-order valence-electron chi connectivity index (χ4n) is 2.18. The van der Waals surface area contributed by atoms with Crippen LogP contribution in [0.3, 0.4) is 0 Å². The van der Waals surface area contributed by atoms with Gasteiger partial charge in [0.2, 0.25) is 0 Å². The summed E-state index contributed by atoms with van der Waals surface area (Å²) in [5, 5.41) is 3.72. The van der Waals surface area contributed by atoms with E-state index in [1.54, 1.807) is 24.8 Å². The van der Waals surface area contributed by atoms with Crippen LogP contribution in [-0.4, -0.2) is 21.9 Å². The molecule has 0 saturated carbocycles. The van der Waals surface area contributed by atoms with E-state index in [-0.39, 0.29) is 11.6 Å². The Morgan fingerprint density at radius 1 is 1.45 bits per heavy atom. The number of fused-ring (bicyclic) bond motifs is 1. The number of amides is 1. The molecular formula is C15H15N3O2S2. The van der Waals surface area contributed by atoms with Crippen molar-refractivity contribution in [1.29, 1.82) is 0 Å². The van der Waals surface area contributed by atoms with Crippen LogP contribution in [0.25, 0.3) is 10.2 Å². The molecule has 1 amide bonds. The molecule has 1 aromatic carbocycles. The number of carbonyl (C=O) groups is 1. The lowest BCUT2D eigenvalue weighted by Gasteiger charge is -2.00. The first-order chi connectivity index (χ1) is 10.6. The average Bonchev–Trinajstić information content (AvgIpc) is 3.09. The average molecular weight is 333 g/mol. The van der Waals surface area contributed by atoms with Gasteiger partial charge in [-0.2, -0.15) is 4.99 Å². The second-order valence-electron chi connectivity index (χ2n) is 4.70.